The standard InChI is InChI=1S/C29H37N7O.ClH/c1-21-7-6-15-35(21)20-28-33-26-13-12-25(17-27(26)34-28)32-29(37)23-10-8-22(9-11-23)24-18-31-36(19-24)16-5-3-2-4-14-30;/h8-13,17-19,21H,2-7,14-16,20,30H2,1H3,(H,32,37)(H,33,34);1H/t21-;/m0./s1. The van der Waals surface area contributed by atoms with E-state index in [9.17, 15) is 4.79 Å². The maximum absolute atomic E-state index is 12.9. The molecule has 38 heavy (non-hydrogen) atoms. The first-order valence-electron chi connectivity index (χ1n) is 13.5. The van der Waals surface area contributed by atoms with Gasteiger partial charge in [-0.2, -0.15) is 5.10 Å². The van der Waals surface area contributed by atoms with Crippen LogP contribution in [0.25, 0.3) is 22.2 Å². The van der Waals surface area contributed by atoms with E-state index in [1.807, 2.05) is 53.3 Å². The summed E-state index contributed by atoms with van der Waals surface area (Å²) in [6, 6.07) is 14.1. The summed E-state index contributed by atoms with van der Waals surface area (Å²) >= 11 is 0. The van der Waals surface area contributed by atoms with Gasteiger partial charge in [0.05, 0.1) is 23.8 Å². The van der Waals surface area contributed by atoms with Gasteiger partial charge >= 0.3 is 0 Å². The molecule has 2 aromatic heterocycles. The van der Waals surface area contributed by atoms with Gasteiger partial charge in [0.2, 0.25) is 0 Å². The predicted molar refractivity (Wildman–Crippen MR) is 156 cm³/mol. The van der Waals surface area contributed by atoms with E-state index in [0.29, 0.717) is 11.6 Å². The summed E-state index contributed by atoms with van der Waals surface area (Å²) in [5, 5.41) is 7.50. The third-order valence-corrected chi connectivity index (χ3v) is 7.29. The largest absolute Gasteiger partial charge is 0.341 e. The van der Waals surface area contributed by atoms with E-state index in [2.05, 4.69) is 33.4 Å². The van der Waals surface area contributed by atoms with Gasteiger partial charge in [-0.1, -0.05) is 25.0 Å². The Hall–Kier alpha value is -3.20. The molecule has 2 aromatic carbocycles. The molecule has 0 bridgehead atoms. The number of rotatable bonds is 11. The molecule has 9 heteroatoms. The van der Waals surface area contributed by atoms with Crippen LogP contribution in [0.2, 0.25) is 0 Å². The molecule has 1 aliphatic heterocycles. The van der Waals surface area contributed by atoms with E-state index < -0.39 is 0 Å². The van der Waals surface area contributed by atoms with Crippen LogP contribution in [-0.2, 0) is 13.1 Å². The molecule has 0 saturated carbocycles. The number of aromatic amines is 1. The molecule has 0 radical (unpaired) electrons. The number of nitrogens with one attached hydrogen (secondary N) is 2. The number of carbonyl (C=O) groups is 1. The molecule has 0 unspecified atom stereocenters. The fourth-order valence-electron chi connectivity index (χ4n) is 5.06. The van der Waals surface area contributed by atoms with Crippen LogP contribution in [0.1, 0.15) is 61.6 Å². The van der Waals surface area contributed by atoms with Crippen LogP contribution >= 0.6 is 12.4 Å². The molecule has 0 spiro atoms. The third kappa shape index (κ3) is 6.81. The number of benzene rings is 2. The Kier molecular flexibility index (Phi) is 9.55. The molecule has 3 heterocycles. The second kappa shape index (κ2) is 13.0. The van der Waals surface area contributed by atoms with E-state index in [4.69, 9.17) is 10.7 Å². The van der Waals surface area contributed by atoms with Crippen LogP contribution < -0.4 is 11.1 Å². The Labute approximate surface area is 230 Å². The van der Waals surface area contributed by atoms with Crippen LogP contribution in [-0.4, -0.2) is 49.7 Å². The van der Waals surface area contributed by atoms with Crippen molar-refractivity contribution in [3.05, 3.63) is 66.2 Å². The summed E-state index contributed by atoms with van der Waals surface area (Å²) < 4.78 is 1.99. The van der Waals surface area contributed by atoms with E-state index in [1.165, 1.54) is 25.7 Å². The van der Waals surface area contributed by atoms with Gasteiger partial charge < -0.3 is 16.0 Å². The van der Waals surface area contributed by atoms with Crippen molar-refractivity contribution in [2.75, 3.05) is 18.4 Å². The van der Waals surface area contributed by atoms with Crippen molar-refractivity contribution in [1.82, 2.24) is 24.6 Å². The predicted octanol–water partition coefficient (Wildman–Crippen LogP) is 5.60. The average molecular weight is 536 g/mol. The summed E-state index contributed by atoms with van der Waals surface area (Å²) in [6.45, 7) is 5.90. The van der Waals surface area contributed by atoms with Gasteiger partial charge in [-0.05, 0) is 81.6 Å². The minimum Gasteiger partial charge on any atom is -0.341 e. The summed E-state index contributed by atoms with van der Waals surface area (Å²) in [5.74, 6) is 0.836. The first kappa shape index (κ1) is 27.8. The highest BCUT2D eigenvalue weighted by Crippen LogP contribution is 2.23. The highest BCUT2D eigenvalue weighted by Gasteiger charge is 2.21. The molecule has 1 fully saturated rings. The lowest BCUT2D eigenvalue weighted by Crippen LogP contribution is -2.26. The fourth-order valence-corrected chi connectivity index (χ4v) is 5.06. The molecule has 1 atom stereocenters. The smallest absolute Gasteiger partial charge is 0.255 e. The zero-order valence-electron chi connectivity index (χ0n) is 22.0. The number of imidazole rings is 1. The number of H-pyrrole nitrogens is 1. The van der Waals surface area contributed by atoms with Crippen molar-refractivity contribution in [2.45, 2.75) is 64.6 Å². The number of hydrogen-bond acceptors (Lipinski definition) is 5. The lowest BCUT2D eigenvalue weighted by atomic mass is 10.1. The minimum absolute atomic E-state index is 0. The summed E-state index contributed by atoms with van der Waals surface area (Å²) in [6.07, 6.45) is 11.0. The zero-order valence-corrected chi connectivity index (χ0v) is 22.8. The van der Waals surface area contributed by atoms with Crippen LogP contribution in [0, 0.1) is 0 Å². The highest BCUT2D eigenvalue weighted by molar-refractivity contribution is 6.05. The van der Waals surface area contributed by atoms with Gasteiger partial charge in [0.25, 0.3) is 5.91 Å². The number of nitrogens with two attached hydrogens (primary N) is 1. The average Bonchev–Trinajstić information content (AvgIpc) is 3.64. The Morgan fingerprint density at radius 3 is 2.68 bits per heavy atom. The van der Waals surface area contributed by atoms with Gasteiger partial charge in [0.15, 0.2) is 0 Å². The van der Waals surface area contributed by atoms with Crippen LogP contribution in [0.4, 0.5) is 5.69 Å². The zero-order chi connectivity index (χ0) is 25.6. The van der Waals surface area contributed by atoms with Crippen molar-refractivity contribution in [2.24, 2.45) is 5.73 Å². The Morgan fingerprint density at radius 2 is 1.92 bits per heavy atom. The fraction of sp³-hybridized carbons (Fsp3) is 0.414. The van der Waals surface area contributed by atoms with Gasteiger partial charge in [0.1, 0.15) is 5.82 Å². The SMILES string of the molecule is C[C@H]1CCCN1Cc1nc2ccc(NC(=O)c3ccc(-c4cnn(CCCCCCN)c4)cc3)cc2[nH]1.Cl. The lowest BCUT2D eigenvalue weighted by Gasteiger charge is -2.19. The van der Waals surface area contributed by atoms with E-state index in [1.54, 1.807) is 0 Å². The molecular formula is C29H38ClN7O. The Bertz CT molecular complexity index is 1330. The maximum atomic E-state index is 12.9. The third-order valence-electron chi connectivity index (χ3n) is 7.29. The van der Waals surface area contributed by atoms with Gasteiger partial charge in [-0.15, -0.1) is 12.4 Å². The summed E-state index contributed by atoms with van der Waals surface area (Å²) in [7, 11) is 0. The second-order valence-corrected chi connectivity index (χ2v) is 10.1. The minimum atomic E-state index is -0.135. The number of carbonyl (C=O) groups excluding carboxylic acids is 1. The number of hydrogen-bond donors (Lipinski definition) is 3. The Balaban J connectivity index is 0.00000336. The maximum Gasteiger partial charge on any atom is 0.255 e. The van der Waals surface area contributed by atoms with Crippen molar-refractivity contribution in [3.63, 3.8) is 0 Å². The molecule has 1 saturated heterocycles. The highest BCUT2D eigenvalue weighted by atomic mass is 35.5. The quantitative estimate of drug-likeness (QED) is 0.217. The summed E-state index contributed by atoms with van der Waals surface area (Å²) in [5.41, 5.74) is 10.9. The molecule has 4 N–H and O–H groups in total. The van der Waals surface area contributed by atoms with Crippen molar-refractivity contribution in [1.29, 1.82) is 0 Å². The van der Waals surface area contributed by atoms with Crippen molar-refractivity contribution >= 4 is 35.0 Å². The normalized spacial score (nSPS) is 15.6. The second-order valence-electron chi connectivity index (χ2n) is 10.1. The monoisotopic (exact) mass is 535 g/mol. The summed E-state index contributed by atoms with van der Waals surface area (Å²) in [4.78, 5) is 23.5. The van der Waals surface area contributed by atoms with Crippen LogP contribution in [0.15, 0.2) is 54.9 Å². The Morgan fingerprint density at radius 1 is 1.11 bits per heavy atom. The van der Waals surface area contributed by atoms with Crippen LogP contribution in [0.5, 0.6) is 0 Å². The number of likely N-dealkylation sites (tertiary alicyclic amines) is 1. The van der Waals surface area contributed by atoms with Gasteiger partial charge in [-0.25, -0.2) is 4.98 Å². The van der Waals surface area contributed by atoms with E-state index >= 15 is 0 Å². The number of halogens is 1. The number of aromatic nitrogens is 4. The topological polar surface area (TPSA) is 105 Å². The van der Waals surface area contributed by atoms with Gasteiger partial charge in [0, 0.05) is 35.6 Å². The van der Waals surface area contributed by atoms with Crippen LogP contribution in [0.3, 0.4) is 0 Å². The molecule has 1 amide bonds. The lowest BCUT2D eigenvalue weighted by molar-refractivity contribution is 0.102. The number of nitrogens with zero attached hydrogens (tertiary/aromatic N) is 4. The number of fused-ring (bicyclic) bond motifs is 1. The molecule has 4 aromatic rings. The molecule has 5 rings (SSSR count). The van der Waals surface area contributed by atoms with Crippen molar-refractivity contribution < 1.29 is 4.79 Å². The van der Waals surface area contributed by atoms with Gasteiger partial charge in [-0.3, -0.25) is 14.4 Å². The number of anilines is 1. The number of aryl methyl sites for hydroxylation is 1. The first-order valence-corrected chi connectivity index (χ1v) is 13.5. The molecule has 1 aliphatic rings. The van der Waals surface area contributed by atoms with Crippen molar-refractivity contribution in [3.8, 4) is 11.1 Å². The molecular weight excluding hydrogens is 498 g/mol. The van der Waals surface area contributed by atoms with E-state index in [-0.39, 0.29) is 18.3 Å². The molecule has 0 aliphatic carbocycles. The first-order chi connectivity index (χ1) is 18.1. The molecule has 202 valence electrons. The number of amides is 1. The number of unbranched alkanes of at least 4 members (excludes halogenated alkanes) is 3. The molecule has 8 nitrogen and oxygen atoms in total. The van der Waals surface area contributed by atoms with E-state index in [0.717, 1.165) is 72.7 Å².